The molecule has 2 aromatic rings. The highest BCUT2D eigenvalue weighted by Gasteiger charge is 2.22. The molecule has 1 atom stereocenters. The highest BCUT2D eigenvalue weighted by molar-refractivity contribution is 8.14. The summed E-state index contributed by atoms with van der Waals surface area (Å²) in [5, 5.41) is 3.24. The molecule has 1 aliphatic rings. The van der Waals surface area contributed by atoms with Crippen molar-refractivity contribution in [2.24, 2.45) is 0 Å². The van der Waals surface area contributed by atoms with Gasteiger partial charge in [0.05, 0.1) is 6.61 Å². The van der Waals surface area contributed by atoms with Crippen molar-refractivity contribution in [3.05, 3.63) is 59.4 Å². The fraction of sp³-hybridized carbons (Fsp3) is 0.429. The Bertz CT molecular complexity index is 776. The van der Waals surface area contributed by atoms with Gasteiger partial charge in [-0.3, -0.25) is 9.78 Å². The Morgan fingerprint density at radius 2 is 1.93 bits per heavy atom. The van der Waals surface area contributed by atoms with E-state index < -0.39 is 8.32 Å². The predicted octanol–water partition coefficient (Wildman–Crippen LogP) is 3.81. The number of pyridine rings is 1. The molecule has 1 saturated heterocycles. The molecule has 0 aliphatic carbocycles. The van der Waals surface area contributed by atoms with Gasteiger partial charge in [0.15, 0.2) is 8.32 Å². The van der Waals surface area contributed by atoms with Crippen LogP contribution in [0.4, 0.5) is 4.79 Å². The van der Waals surface area contributed by atoms with Crippen LogP contribution in [-0.4, -0.2) is 41.7 Å². The highest BCUT2D eigenvalue weighted by atomic mass is 32.2. The molecule has 1 amide bonds. The zero-order valence-corrected chi connectivity index (χ0v) is 18.3. The summed E-state index contributed by atoms with van der Waals surface area (Å²) < 4.78 is 5.84. The van der Waals surface area contributed by atoms with Crippen LogP contribution >= 0.6 is 11.8 Å². The van der Waals surface area contributed by atoms with Gasteiger partial charge < -0.3 is 14.8 Å². The van der Waals surface area contributed by atoms with E-state index in [9.17, 15) is 9.59 Å². The van der Waals surface area contributed by atoms with Gasteiger partial charge in [-0.15, -0.1) is 0 Å². The molecule has 1 fully saturated rings. The van der Waals surface area contributed by atoms with Crippen molar-refractivity contribution in [3.8, 4) is 5.75 Å². The third kappa shape index (κ3) is 6.96. The molecule has 0 spiro atoms. The second kappa shape index (κ2) is 9.58. The molecular weight excluding hydrogens is 388 g/mol. The second-order valence-corrected chi connectivity index (χ2v) is 13.2. The predicted molar refractivity (Wildman–Crippen MR) is 117 cm³/mol. The number of carbonyl (C=O) groups excluding carboxylic acids is 1. The second-order valence-electron chi connectivity index (χ2n) is 7.82. The van der Waals surface area contributed by atoms with Crippen LogP contribution in [0.3, 0.4) is 0 Å². The number of aryl methyl sites for hydroxylation is 1. The molecular formula is C21H28N2O3SSi. The van der Waals surface area contributed by atoms with Crippen molar-refractivity contribution >= 4 is 25.3 Å². The number of benzene rings is 1. The molecule has 1 aliphatic heterocycles. The molecule has 1 aromatic carbocycles. The van der Waals surface area contributed by atoms with Gasteiger partial charge in [0.25, 0.3) is 5.24 Å². The zero-order valence-electron chi connectivity index (χ0n) is 16.5. The largest absolute Gasteiger partial charge is 0.493 e. The minimum absolute atomic E-state index is 0.0747. The minimum Gasteiger partial charge on any atom is -0.493 e. The van der Waals surface area contributed by atoms with E-state index in [0.29, 0.717) is 11.9 Å². The zero-order chi connectivity index (χ0) is 20.0. The Morgan fingerprint density at radius 3 is 2.54 bits per heavy atom. The highest BCUT2D eigenvalue weighted by Crippen LogP contribution is 2.23. The summed E-state index contributed by atoms with van der Waals surface area (Å²) >= 11 is 1.38. The first-order chi connectivity index (χ1) is 13.4. The SMILES string of the molecule is C[Si](C)(O)CCc1ccc(CCOc2ccc(CC3CNC(=O)S3)cc2)nc1. The van der Waals surface area contributed by atoms with E-state index in [-0.39, 0.29) is 5.24 Å². The summed E-state index contributed by atoms with van der Waals surface area (Å²) in [6, 6.07) is 13.1. The molecule has 0 bridgehead atoms. The first kappa shape index (κ1) is 20.9. The lowest BCUT2D eigenvalue weighted by Gasteiger charge is -2.13. The van der Waals surface area contributed by atoms with Crippen LogP contribution in [0.2, 0.25) is 19.1 Å². The molecule has 150 valence electrons. The lowest BCUT2D eigenvalue weighted by atomic mass is 10.1. The summed E-state index contributed by atoms with van der Waals surface area (Å²) in [7, 11) is -2.00. The number of aromatic nitrogens is 1. The fourth-order valence-electron chi connectivity index (χ4n) is 3.00. The van der Waals surface area contributed by atoms with Crippen LogP contribution in [0.15, 0.2) is 42.6 Å². The Kier molecular flexibility index (Phi) is 7.15. The number of ether oxygens (including phenoxy) is 1. The number of rotatable bonds is 9. The number of amides is 1. The Labute approximate surface area is 172 Å². The van der Waals surface area contributed by atoms with Crippen molar-refractivity contribution in [3.63, 3.8) is 0 Å². The molecule has 0 saturated carbocycles. The van der Waals surface area contributed by atoms with E-state index in [1.54, 1.807) is 0 Å². The van der Waals surface area contributed by atoms with E-state index in [1.165, 1.54) is 22.9 Å². The van der Waals surface area contributed by atoms with Crippen molar-refractivity contribution < 1.29 is 14.3 Å². The number of thioether (sulfide) groups is 1. The normalized spacial score (nSPS) is 16.8. The molecule has 2 heterocycles. The number of nitrogens with one attached hydrogen (secondary N) is 1. The number of nitrogens with zero attached hydrogens (tertiary/aromatic N) is 1. The van der Waals surface area contributed by atoms with E-state index in [1.807, 2.05) is 37.5 Å². The van der Waals surface area contributed by atoms with Crippen molar-refractivity contribution in [2.75, 3.05) is 13.2 Å². The molecule has 2 N–H and O–H groups in total. The Hall–Kier alpha value is -1.83. The first-order valence-corrected chi connectivity index (χ1v) is 13.7. The quantitative estimate of drug-likeness (QED) is 0.608. The van der Waals surface area contributed by atoms with Crippen LogP contribution in [-0.2, 0) is 19.3 Å². The van der Waals surface area contributed by atoms with Crippen LogP contribution in [0.25, 0.3) is 0 Å². The van der Waals surface area contributed by atoms with E-state index in [0.717, 1.165) is 43.3 Å². The molecule has 1 aromatic heterocycles. The maximum atomic E-state index is 11.2. The minimum atomic E-state index is -2.00. The van der Waals surface area contributed by atoms with Crippen molar-refractivity contribution in [1.82, 2.24) is 10.3 Å². The van der Waals surface area contributed by atoms with Gasteiger partial charge in [-0.2, -0.15) is 0 Å². The van der Waals surface area contributed by atoms with Gasteiger partial charge in [0, 0.05) is 30.1 Å². The average molecular weight is 417 g/mol. The summed E-state index contributed by atoms with van der Waals surface area (Å²) in [5.74, 6) is 0.851. The van der Waals surface area contributed by atoms with Crippen LogP contribution in [0, 0.1) is 0 Å². The number of hydrogen-bond acceptors (Lipinski definition) is 5. The smallest absolute Gasteiger partial charge is 0.279 e. The maximum absolute atomic E-state index is 11.2. The maximum Gasteiger partial charge on any atom is 0.279 e. The summed E-state index contributed by atoms with van der Waals surface area (Å²) in [5.41, 5.74) is 3.40. The molecule has 0 radical (unpaired) electrons. The molecule has 28 heavy (non-hydrogen) atoms. The third-order valence-corrected chi connectivity index (χ3v) is 7.17. The first-order valence-electron chi connectivity index (χ1n) is 9.70. The topological polar surface area (TPSA) is 71.5 Å². The Balaban J connectivity index is 1.40. The number of carbonyl (C=O) groups is 1. The lowest BCUT2D eigenvalue weighted by molar-refractivity contribution is 0.262. The van der Waals surface area contributed by atoms with Crippen molar-refractivity contribution in [2.45, 2.75) is 43.7 Å². The lowest BCUT2D eigenvalue weighted by Crippen LogP contribution is -2.25. The molecule has 3 rings (SSSR count). The molecule has 7 heteroatoms. The Morgan fingerprint density at radius 1 is 1.18 bits per heavy atom. The third-order valence-electron chi connectivity index (χ3n) is 4.67. The van der Waals surface area contributed by atoms with Gasteiger partial charge in [-0.25, -0.2) is 0 Å². The fourth-order valence-corrected chi connectivity index (χ4v) is 4.82. The summed E-state index contributed by atoms with van der Waals surface area (Å²) in [4.78, 5) is 25.7. The number of hydrogen-bond donors (Lipinski definition) is 2. The van der Waals surface area contributed by atoms with Crippen LogP contribution < -0.4 is 10.1 Å². The van der Waals surface area contributed by atoms with Crippen molar-refractivity contribution in [1.29, 1.82) is 0 Å². The van der Waals surface area contributed by atoms with Gasteiger partial charge in [0.1, 0.15) is 5.75 Å². The van der Waals surface area contributed by atoms with Gasteiger partial charge in [-0.05, 0) is 61.3 Å². The summed E-state index contributed by atoms with van der Waals surface area (Å²) in [6.45, 7) is 5.25. The molecule has 5 nitrogen and oxygen atoms in total. The van der Waals surface area contributed by atoms with Gasteiger partial charge in [0.2, 0.25) is 0 Å². The van der Waals surface area contributed by atoms with Gasteiger partial charge in [-0.1, -0.05) is 30.0 Å². The van der Waals surface area contributed by atoms with E-state index >= 15 is 0 Å². The summed E-state index contributed by atoms with van der Waals surface area (Å²) in [6.07, 6.45) is 4.44. The van der Waals surface area contributed by atoms with Gasteiger partial charge >= 0.3 is 0 Å². The van der Waals surface area contributed by atoms with Crippen LogP contribution in [0.1, 0.15) is 16.8 Å². The van der Waals surface area contributed by atoms with E-state index in [2.05, 4.69) is 28.5 Å². The average Bonchev–Trinajstić information content (AvgIpc) is 3.07. The standard InChI is InChI=1S/C21H28N2O3SSi/c1-28(2,25)12-10-17-3-6-18(22-14-17)9-11-26-19-7-4-16(5-8-19)13-20-15-23-21(24)27-20/h3-8,14,20,25H,9-13,15H2,1-2H3,(H,23,24). The van der Waals surface area contributed by atoms with Crippen LogP contribution in [0.5, 0.6) is 5.75 Å². The van der Waals surface area contributed by atoms with E-state index in [4.69, 9.17) is 4.74 Å². The monoisotopic (exact) mass is 416 g/mol. The molecule has 1 unspecified atom stereocenters.